The van der Waals surface area contributed by atoms with Crippen molar-refractivity contribution in [3.8, 4) is 0 Å². The van der Waals surface area contributed by atoms with E-state index in [1.807, 2.05) is 31.2 Å². The van der Waals surface area contributed by atoms with Gasteiger partial charge in [0.25, 0.3) is 0 Å². The summed E-state index contributed by atoms with van der Waals surface area (Å²) in [6.07, 6.45) is 0.0121. The third-order valence-electron chi connectivity index (χ3n) is 4.38. The number of hydrogen-bond donors (Lipinski definition) is 3. The Hall–Kier alpha value is -1.85. The molecule has 1 heterocycles. The minimum absolute atomic E-state index is 0.0614. The highest BCUT2D eigenvalue weighted by atomic mass is 32.1. The molecule has 122 valence electrons. The second kappa shape index (κ2) is 6.34. The van der Waals surface area contributed by atoms with Crippen LogP contribution in [0.1, 0.15) is 45.5 Å². The SMILES string of the molecule is Cc1cc(C(C)NC(=O)N[C@H]2c3ccccc3C[C@H]2O)c(C)s1. The van der Waals surface area contributed by atoms with E-state index in [1.54, 1.807) is 11.3 Å². The summed E-state index contributed by atoms with van der Waals surface area (Å²) in [5.41, 5.74) is 3.25. The zero-order chi connectivity index (χ0) is 16.6. The van der Waals surface area contributed by atoms with Crippen LogP contribution in [0.5, 0.6) is 0 Å². The number of aliphatic hydroxyl groups is 1. The summed E-state index contributed by atoms with van der Waals surface area (Å²) in [5, 5.41) is 16.1. The lowest BCUT2D eigenvalue weighted by molar-refractivity contribution is 0.142. The highest BCUT2D eigenvalue weighted by Gasteiger charge is 2.32. The number of benzene rings is 1. The predicted molar refractivity (Wildman–Crippen MR) is 92.8 cm³/mol. The smallest absolute Gasteiger partial charge is 0.315 e. The molecule has 0 bridgehead atoms. The van der Waals surface area contributed by atoms with Crippen molar-refractivity contribution < 1.29 is 9.90 Å². The molecule has 0 radical (unpaired) electrons. The van der Waals surface area contributed by atoms with Gasteiger partial charge in [-0.05, 0) is 43.5 Å². The topological polar surface area (TPSA) is 61.4 Å². The van der Waals surface area contributed by atoms with E-state index in [1.165, 1.54) is 9.75 Å². The largest absolute Gasteiger partial charge is 0.390 e. The molecular weight excluding hydrogens is 308 g/mol. The maximum absolute atomic E-state index is 12.3. The molecule has 0 spiro atoms. The third kappa shape index (κ3) is 3.26. The number of fused-ring (bicyclic) bond motifs is 1. The quantitative estimate of drug-likeness (QED) is 0.808. The monoisotopic (exact) mass is 330 g/mol. The average Bonchev–Trinajstić information content (AvgIpc) is 2.99. The van der Waals surface area contributed by atoms with Crippen molar-refractivity contribution in [2.45, 2.75) is 45.4 Å². The van der Waals surface area contributed by atoms with Crippen LogP contribution in [0.2, 0.25) is 0 Å². The second-order valence-electron chi connectivity index (χ2n) is 6.16. The van der Waals surface area contributed by atoms with Gasteiger partial charge in [0.15, 0.2) is 0 Å². The molecule has 1 aliphatic carbocycles. The molecule has 1 unspecified atom stereocenters. The fourth-order valence-corrected chi connectivity index (χ4v) is 4.31. The molecule has 1 aliphatic rings. The van der Waals surface area contributed by atoms with Gasteiger partial charge in [0.1, 0.15) is 0 Å². The number of aliphatic hydroxyl groups excluding tert-OH is 1. The second-order valence-corrected chi connectivity index (χ2v) is 7.62. The normalized spacial score (nSPS) is 20.9. The van der Waals surface area contributed by atoms with Gasteiger partial charge in [0, 0.05) is 16.2 Å². The van der Waals surface area contributed by atoms with E-state index in [0.29, 0.717) is 6.42 Å². The number of aryl methyl sites for hydroxylation is 2. The Morgan fingerprint density at radius 2 is 2.09 bits per heavy atom. The van der Waals surface area contributed by atoms with Crippen LogP contribution >= 0.6 is 11.3 Å². The lowest BCUT2D eigenvalue weighted by atomic mass is 10.1. The lowest BCUT2D eigenvalue weighted by Crippen LogP contribution is -2.41. The van der Waals surface area contributed by atoms with Crippen LogP contribution in [0.15, 0.2) is 30.3 Å². The molecular formula is C18H22N2O2S. The number of carbonyl (C=O) groups is 1. The van der Waals surface area contributed by atoms with Gasteiger partial charge in [0.05, 0.1) is 18.2 Å². The molecule has 5 heteroatoms. The number of nitrogens with one attached hydrogen (secondary N) is 2. The Labute approximate surface area is 140 Å². The number of amides is 2. The molecule has 0 aliphatic heterocycles. The van der Waals surface area contributed by atoms with Crippen LogP contribution in [0.4, 0.5) is 4.79 Å². The van der Waals surface area contributed by atoms with Crippen molar-refractivity contribution >= 4 is 17.4 Å². The van der Waals surface area contributed by atoms with Gasteiger partial charge in [-0.15, -0.1) is 11.3 Å². The summed E-state index contributed by atoms with van der Waals surface area (Å²) in [6, 6.07) is 9.32. The summed E-state index contributed by atoms with van der Waals surface area (Å²) < 4.78 is 0. The van der Waals surface area contributed by atoms with Gasteiger partial charge >= 0.3 is 6.03 Å². The Morgan fingerprint density at radius 1 is 1.35 bits per heavy atom. The summed E-state index contributed by atoms with van der Waals surface area (Å²) in [4.78, 5) is 14.8. The van der Waals surface area contributed by atoms with E-state index in [2.05, 4.69) is 30.5 Å². The van der Waals surface area contributed by atoms with Crippen molar-refractivity contribution in [3.05, 3.63) is 56.8 Å². The molecule has 3 N–H and O–H groups in total. The minimum atomic E-state index is -0.571. The number of carbonyl (C=O) groups excluding carboxylic acids is 1. The van der Waals surface area contributed by atoms with Crippen LogP contribution in [-0.4, -0.2) is 17.2 Å². The van der Waals surface area contributed by atoms with Crippen LogP contribution < -0.4 is 10.6 Å². The van der Waals surface area contributed by atoms with Crippen LogP contribution in [0, 0.1) is 13.8 Å². The van der Waals surface area contributed by atoms with Crippen molar-refractivity contribution in [2.75, 3.05) is 0 Å². The fourth-order valence-electron chi connectivity index (χ4n) is 3.29. The number of hydrogen-bond acceptors (Lipinski definition) is 3. The average molecular weight is 330 g/mol. The number of thiophene rings is 1. The first-order valence-electron chi connectivity index (χ1n) is 7.85. The molecule has 3 atom stereocenters. The molecule has 23 heavy (non-hydrogen) atoms. The molecule has 2 amide bonds. The fraction of sp³-hybridized carbons (Fsp3) is 0.389. The van der Waals surface area contributed by atoms with E-state index in [0.717, 1.165) is 16.7 Å². The van der Waals surface area contributed by atoms with Crippen LogP contribution in [0.3, 0.4) is 0 Å². The molecule has 1 aromatic carbocycles. The maximum Gasteiger partial charge on any atom is 0.315 e. The minimum Gasteiger partial charge on any atom is -0.390 e. The van der Waals surface area contributed by atoms with Crippen molar-refractivity contribution in [1.29, 1.82) is 0 Å². The molecule has 0 saturated carbocycles. The van der Waals surface area contributed by atoms with Crippen molar-refractivity contribution in [2.24, 2.45) is 0 Å². The van der Waals surface area contributed by atoms with E-state index in [-0.39, 0.29) is 18.1 Å². The molecule has 4 nitrogen and oxygen atoms in total. The predicted octanol–water partition coefficient (Wildman–Crippen LogP) is 3.38. The zero-order valence-electron chi connectivity index (χ0n) is 13.6. The highest BCUT2D eigenvalue weighted by molar-refractivity contribution is 7.12. The van der Waals surface area contributed by atoms with Gasteiger partial charge in [-0.2, -0.15) is 0 Å². The molecule has 2 aromatic rings. The van der Waals surface area contributed by atoms with Gasteiger partial charge in [0.2, 0.25) is 0 Å². The Bertz CT molecular complexity index is 726. The Morgan fingerprint density at radius 3 is 2.78 bits per heavy atom. The standard InChI is InChI=1S/C18H22N2O2S/c1-10-8-15(12(3)23-10)11(2)19-18(22)20-17-14-7-5-4-6-13(14)9-16(17)21/h4-8,11,16-17,21H,9H2,1-3H3,(H2,19,20,22)/t11?,16-,17+/m1/s1. The zero-order valence-corrected chi connectivity index (χ0v) is 14.4. The van der Waals surface area contributed by atoms with Gasteiger partial charge < -0.3 is 15.7 Å². The van der Waals surface area contributed by atoms with Crippen molar-refractivity contribution in [1.82, 2.24) is 10.6 Å². The molecule has 0 saturated heterocycles. The van der Waals surface area contributed by atoms with Crippen LogP contribution in [0.25, 0.3) is 0 Å². The van der Waals surface area contributed by atoms with Gasteiger partial charge in [-0.1, -0.05) is 24.3 Å². The Balaban J connectivity index is 1.67. The molecule has 3 rings (SSSR count). The lowest BCUT2D eigenvalue weighted by Gasteiger charge is -2.21. The van der Waals surface area contributed by atoms with E-state index < -0.39 is 6.10 Å². The van der Waals surface area contributed by atoms with Crippen LogP contribution in [-0.2, 0) is 6.42 Å². The number of urea groups is 1. The summed E-state index contributed by atoms with van der Waals surface area (Å²) in [7, 11) is 0. The summed E-state index contributed by atoms with van der Waals surface area (Å²) in [5.74, 6) is 0. The molecule has 1 aromatic heterocycles. The first-order valence-corrected chi connectivity index (χ1v) is 8.67. The Kier molecular flexibility index (Phi) is 4.41. The van der Waals surface area contributed by atoms with E-state index in [4.69, 9.17) is 0 Å². The first-order chi connectivity index (χ1) is 11.0. The van der Waals surface area contributed by atoms with Gasteiger partial charge in [-0.3, -0.25) is 0 Å². The van der Waals surface area contributed by atoms with Gasteiger partial charge in [-0.25, -0.2) is 4.79 Å². The summed E-state index contributed by atoms with van der Waals surface area (Å²) >= 11 is 1.74. The third-order valence-corrected chi connectivity index (χ3v) is 5.37. The molecule has 0 fully saturated rings. The highest BCUT2D eigenvalue weighted by Crippen LogP contribution is 2.31. The van der Waals surface area contributed by atoms with E-state index >= 15 is 0 Å². The first kappa shape index (κ1) is 16.0. The van der Waals surface area contributed by atoms with Crippen molar-refractivity contribution in [3.63, 3.8) is 0 Å². The maximum atomic E-state index is 12.3. The van der Waals surface area contributed by atoms with E-state index in [9.17, 15) is 9.90 Å². The number of rotatable bonds is 3. The summed E-state index contributed by atoms with van der Waals surface area (Å²) in [6.45, 7) is 6.12.